The van der Waals surface area contributed by atoms with Crippen LogP contribution in [0, 0.1) is 0 Å². The Bertz CT molecular complexity index is 68.0. The first kappa shape index (κ1) is 10.9. The van der Waals surface area contributed by atoms with Gasteiger partial charge in [0.2, 0.25) is 0 Å². The summed E-state index contributed by atoms with van der Waals surface area (Å²) < 4.78 is 0. The molecular weight excluding hydrogens is 136 g/mol. The van der Waals surface area contributed by atoms with E-state index in [1.807, 2.05) is 0 Å². The average Bonchev–Trinajstić information content (AvgIpc) is 2.08. The van der Waals surface area contributed by atoms with Gasteiger partial charge in [-0.15, -0.1) is 0 Å². The normalized spacial score (nSPS) is 23.7. The largest absolute Gasteiger partial charge is 0.314 e. The first-order valence-electron chi connectivity index (χ1n) is 4.79. The molecule has 0 radical (unpaired) electrons. The maximum Gasteiger partial charge on any atom is 0.0190 e. The molecule has 1 aliphatic rings. The summed E-state index contributed by atoms with van der Waals surface area (Å²) in [6.07, 6.45) is 2.49. The van der Waals surface area contributed by atoms with E-state index in [4.69, 9.17) is 0 Å². The molecule has 1 rings (SSSR count). The van der Waals surface area contributed by atoms with E-state index in [-0.39, 0.29) is 0 Å². The van der Waals surface area contributed by atoms with Crippen LogP contribution in [0.15, 0.2) is 0 Å². The Balaban J connectivity index is 0.000000292. The fourth-order valence-corrected chi connectivity index (χ4v) is 1.00. The van der Waals surface area contributed by atoms with Crippen LogP contribution in [-0.2, 0) is 0 Å². The van der Waals surface area contributed by atoms with Gasteiger partial charge in [-0.05, 0) is 6.42 Å². The van der Waals surface area contributed by atoms with Crippen LogP contribution in [0.2, 0.25) is 0 Å². The van der Waals surface area contributed by atoms with Crippen LogP contribution in [0.5, 0.6) is 0 Å². The Kier molecular flexibility index (Phi) is 7.96. The number of rotatable bonds is 1. The number of piperazine rings is 1. The van der Waals surface area contributed by atoms with E-state index in [0.29, 0.717) is 0 Å². The minimum absolute atomic E-state index is 0.726. The Labute approximate surface area is 70.8 Å². The molecule has 1 fully saturated rings. The smallest absolute Gasteiger partial charge is 0.0190 e. The van der Waals surface area contributed by atoms with E-state index in [0.717, 1.165) is 25.7 Å². The first-order valence-corrected chi connectivity index (χ1v) is 4.79. The molecular formula is C9H22N2. The molecule has 2 N–H and O–H groups in total. The minimum atomic E-state index is 0.726. The molecule has 0 aromatic heterocycles. The lowest BCUT2D eigenvalue weighted by Crippen LogP contribution is -2.47. The zero-order valence-corrected chi connectivity index (χ0v) is 8.11. The predicted octanol–water partition coefficient (Wildman–Crippen LogP) is 1.37. The van der Waals surface area contributed by atoms with Crippen LogP contribution in [-0.4, -0.2) is 25.7 Å². The molecule has 0 aromatic rings. The summed E-state index contributed by atoms with van der Waals surface area (Å²) in [6, 6.07) is 0.726. The van der Waals surface area contributed by atoms with Crippen molar-refractivity contribution in [1.82, 2.24) is 10.6 Å². The molecule has 0 aromatic carbocycles. The fraction of sp³-hybridized carbons (Fsp3) is 1.00. The summed E-state index contributed by atoms with van der Waals surface area (Å²) in [4.78, 5) is 0. The third-order valence-electron chi connectivity index (χ3n) is 1.62. The van der Waals surface area contributed by atoms with Gasteiger partial charge in [0.1, 0.15) is 0 Å². The molecule has 0 aliphatic carbocycles. The molecule has 1 heterocycles. The molecule has 0 amide bonds. The molecule has 2 nitrogen and oxygen atoms in total. The van der Waals surface area contributed by atoms with Gasteiger partial charge in [-0.1, -0.05) is 27.2 Å². The summed E-state index contributed by atoms with van der Waals surface area (Å²) in [6.45, 7) is 9.89. The Morgan fingerprint density at radius 3 is 2.09 bits per heavy atom. The van der Waals surface area contributed by atoms with E-state index in [1.165, 1.54) is 12.8 Å². The van der Waals surface area contributed by atoms with Crippen molar-refractivity contribution in [3.8, 4) is 0 Å². The maximum absolute atomic E-state index is 3.41. The topological polar surface area (TPSA) is 24.1 Å². The van der Waals surface area contributed by atoms with Gasteiger partial charge in [-0.3, -0.25) is 0 Å². The zero-order chi connectivity index (χ0) is 8.53. The minimum Gasteiger partial charge on any atom is -0.314 e. The van der Waals surface area contributed by atoms with Crippen LogP contribution in [0.4, 0.5) is 0 Å². The predicted molar refractivity (Wildman–Crippen MR) is 50.9 cm³/mol. The van der Waals surface area contributed by atoms with Crippen molar-refractivity contribution in [2.75, 3.05) is 19.6 Å². The van der Waals surface area contributed by atoms with Gasteiger partial charge in [0, 0.05) is 25.7 Å². The van der Waals surface area contributed by atoms with Crippen molar-refractivity contribution in [2.24, 2.45) is 0 Å². The molecule has 11 heavy (non-hydrogen) atoms. The molecule has 0 saturated carbocycles. The van der Waals surface area contributed by atoms with Crippen LogP contribution >= 0.6 is 0 Å². The summed E-state index contributed by atoms with van der Waals surface area (Å²) >= 11 is 0. The van der Waals surface area contributed by atoms with E-state index in [9.17, 15) is 0 Å². The quantitative estimate of drug-likeness (QED) is 0.602. The van der Waals surface area contributed by atoms with Crippen LogP contribution in [0.25, 0.3) is 0 Å². The second-order valence-electron chi connectivity index (χ2n) is 2.97. The summed E-state index contributed by atoms with van der Waals surface area (Å²) in [5.74, 6) is 0. The standard InChI is InChI=1S/C6H14N2.C3H8/c1-2-6-5-7-3-4-8-6;1-3-2/h6-8H,2-5H2,1H3;3H2,1-2H3/t6-;/m0./s1. The zero-order valence-electron chi connectivity index (χ0n) is 8.11. The highest BCUT2D eigenvalue weighted by molar-refractivity contribution is 4.72. The van der Waals surface area contributed by atoms with Gasteiger partial charge in [0.15, 0.2) is 0 Å². The SMILES string of the molecule is CCC.CC[C@H]1CNCCN1. The van der Waals surface area contributed by atoms with Crippen molar-refractivity contribution >= 4 is 0 Å². The lowest BCUT2D eigenvalue weighted by Gasteiger charge is -2.22. The average molecular weight is 158 g/mol. The van der Waals surface area contributed by atoms with Crippen LogP contribution < -0.4 is 10.6 Å². The summed E-state index contributed by atoms with van der Waals surface area (Å²) in [5, 5.41) is 6.73. The molecule has 1 atom stereocenters. The van der Waals surface area contributed by atoms with Crippen molar-refractivity contribution in [2.45, 2.75) is 39.7 Å². The Hall–Kier alpha value is -0.0800. The summed E-state index contributed by atoms with van der Waals surface area (Å²) in [5.41, 5.74) is 0. The molecule has 0 bridgehead atoms. The lowest BCUT2D eigenvalue weighted by molar-refractivity contribution is 0.410. The lowest BCUT2D eigenvalue weighted by atomic mass is 10.2. The highest BCUT2D eigenvalue weighted by Crippen LogP contribution is 1.90. The first-order chi connectivity index (χ1) is 5.35. The maximum atomic E-state index is 3.41. The second-order valence-corrected chi connectivity index (χ2v) is 2.97. The van der Waals surface area contributed by atoms with Gasteiger partial charge in [-0.25, -0.2) is 0 Å². The second kappa shape index (κ2) is 8.02. The van der Waals surface area contributed by atoms with Gasteiger partial charge in [0.25, 0.3) is 0 Å². The summed E-state index contributed by atoms with van der Waals surface area (Å²) in [7, 11) is 0. The molecule has 0 unspecified atom stereocenters. The van der Waals surface area contributed by atoms with Crippen LogP contribution in [0.3, 0.4) is 0 Å². The number of hydrogen-bond acceptors (Lipinski definition) is 2. The van der Waals surface area contributed by atoms with E-state index >= 15 is 0 Å². The van der Waals surface area contributed by atoms with Crippen molar-refractivity contribution in [3.05, 3.63) is 0 Å². The van der Waals surface area contributed by atoms with Gasteiger partial charge < -0.3 is 10.6 Å². The molecule has 0 spiro atoms. The van der Waals surface area contributed by atoms with E-state index in [2.05, 4.69) is 31.4 Å². The van der Waals surface area contributed by atoms with Crippen molar-refractivity contribution < 1.29 is 0 Å². The molecule has 2 heteroatoms. The number of hydrogen-bond donors (Lipinski definition) is 2. The highest BCUT2D eigenvalue weighted by atomic mass is 15.0. The van der Waals surface area contributed by atoms with Gasteiger partial charge in [-0.2, -0.15) is 0 Å². The van der Waals surface area contributed by atoms with Gasteiger partial charge in [0.05, 0.1) is 0 Å². The third-order valence-corrected chi connectivity index (χ3v) is 1.62. The van der Waals surface area contributed by atoms with Gasteiger partial charge >= 0.3 is 0 Å². The molecule has 1 aliphatic heterocycles. The fourth-order valence-electron chi connectivity index (χ4n) is 1.00. The highest BCUT2D eigenvalue weighted by Gasteiger charge is 2.07. The van der Waals surface area contributed by atoms with E-state index < -0.39 is 0 Å². The van der Waals surface area contributed by atoms with Crippen molar-refractivity contribution in [3.63, 3.8) is 0 Å². The third kappa shape index (κ3) is 6.32. The van der Waals surface area contributed by atoms with Crippen molar-refractivity contribution in [1.29, 1.82) is 0 Å². The number of nitrogens with one attached hydrogen (secondary N) is 2. The van der Waals surface area contributed by atoms with E-state index in [1.54, 1.807) is 0 Å². The monoisotopic (exact) mass is 158 g/mol. The van der Waals surface area contributed by atoms with Crippen LogP contribution in [0.1, 0.15) is 33.6 Å². The Morgan fingerprint density at radius 2 is 1.82 bits per heavy atom. The Morgan fingerprint density at radius 1 is 1.18 bits per heavy atom. The molecule has 68 valence electrons. The molecule has 1 saturated heterocycles.